The molecule has 0 bridgehead atoms. The van der Waals surface area contributed by atoms with Crippen LogP contribution in [0.25, 0.3) is 0 Å². The molecule has 2 aromatic rings. The van der Waals surface area contributed by atoms with Crippen LogP contribution in [0.1, 0.15) is 30.5 Å². The number of benzene rings is 1. The largest absolute Gasteiger partial charge is 0.493 e. The van der Waals surface area contributed by atoms with E-state index in [2.05, 4.69) is 10.00 Å². The van der Waals surface area contributed by atoms with Crippen molar-refractivity contribution in [3.8, 4) is 17.2 Å². The third-order valence-corrected chi connectivity index (χ3v) is 6.67. The fourth-order valence-corrected chi connectivity index (χ4v) is 4.85. The van der Waals surface area contributed by atoms with E-state index in [1.54, 1.807) is 26.2 Å². The number of carbonyl (C=O) groups excluding carboxylic acids is 2. The fourth-order valence-electron chi connectivity index (χ4n) is 4.85. The van der Waals surface area contributed by atoms with Crippen LogP contribution in [0.4, 0.5) is 5.82 Å². The van der Waals surface area contributed by atoms with E-state index in [1.807, 2.05) is 34.7 Å². The van der Waals surface area contributed by atoms with Gasteiger partial charge in [0.05, 0.1) is 27.0 Å². The number of aryl methyl sites for hydroxylation is 2. The Morgan fingerprint density at radius 3 is 2.29 bits per heavy atom. The summed E-state index contributed by atoms with van der Waals surface area (Å²) in [6.45, 7) is 6.90. The summed E-state index contributed by atoms with van der Waals surface area (Å²) >= 11 is 0. The van der Waals surface area contributed by atoms with E-state index in [0.717, 1.165) is 43.1 Å². The van der Waals surface area contributed by atoms with Crippen molar-refractivity contribution < 1.29 is 23.8 Å². The first-order chi connectivity index (χ1) is 16.9. The summed E-state index contributed by atoms with van der Waals surface area (Å²) in [7, 11) is 4.82. The van der Waals surface area contributed by atoms with Crippen LogP contribution >= 0.6 is 0 Å². The molecule has 1 aromatic heterocycles. The minimum absolute atomic E-state index is 0.0154. The lowest BCUT2D eigenvalue weighted by Gasteiger charge is -2.35. The van der Waals surface area contributed by atoms with Crippen LogP contribution in [-0.4, -0.2) is 85.4 Å². The summed E-state index contributed by atoms with van der Waals surface area (Å²) in [6, 6.07) is 5.80. The van der Waals surface area contributed by atoms with E-state index >= 15 is 0 Å². The highest BCUT2D eigenvalue weighted by atomic mass is 16.5. The average Bonchev–Trinajstić information content (AvgIpc) is 3.27. The van der Waals surface area contributed by atoms with E-state index in [1.165, 1.54) is 0 Å². The molecule has 1 saturated heterocycles. The molecule has 2 amide bonds. The van der Waals surface area contributed by atoms with Gasteiger partial charge in [0.25, 0.3) is 0 Å². The third kappa shape index (κ3) is 5.37. The number of carbonyl (C=O) groups is 2. The zero-order chi connectivity index (χ0) is 24.9. The molecule has 0 spiro atoms. The highest BCUT2D eigenvalue weighted by Crippen LogP contribution is 2.40. The highest BCUT2D eigenvalue weighted by Gasteiger charge is 2.27. The van der Waals surface area contributed by atoms with Crippen LogP contribution in [0.5, 0.6) is 17.2 Å². The number of fused-ring (bicyclic) bond motifs is 1. The van der Waals surface area contributed by atoms with Gasteiger partial charge in [-0.2, -0.15) is 5.10 Å². The van der Waals surface area contributed by atoms with E-state index in [0.29, 0.717) is 43.4 Å². The highest BCUT2D eigenvalue weighted by molar-refractivity contribution is 5.95. The second-order valence-electron chi connectivity index (χ2n) is 8.92. The Labute approximate surface area is 206 Å². The Balaban J connectivity index is 1.28. The standard InChI is InChI=1S/C25H35N5O5/c1-18-16-21-29(10-5-11-30(21)26-18)23(32)9-8-22(31)28-14-12-27(13-15-28)17-19-6-7-20(33-2)25(35-4)24(19)34-3/h6-7,16H,5,8-15,17H2,1-4H3. The molecule has 0 saturated carbocycles. The van der Waals surface area contributed by atoms with Crippen molar-refractivity contribution in [2.24, 2.45) is 0 Å². The molecule has 35 heavy (non-hydrogen) atoms. The Morgan fingerprint density at radius 1 is 0.886 bits per heavy atom. The third-order valence-electron chi connectivity index (χ3n) is 6.67. The maximum absolute atomic E-state index is 12.8. The molecule has 3 heterocycles. The second-order valence-corrected chi connectivity index (χ2v) is 8.92. The molecule has 1 fully saturated rings. The number of rotatable bonds is 8. The molecule has 190 valence electrons. The number of hydrogen-bond acceptors (Lipinski definition) is 7. The molecule has 0 aliphatic carbocycles. The molecule has 1 aromatic carbocycles. The van der Waals surface area contributed by atoms with Crippen LogP contribution < -0.4 is 19.1 Å². The Hall–Kier alpha value is -3.27. The SMILES string of the molecule is COc1ccc(CN2CCN(C(=O)CCC(=O)N3CCCn4nc(C)cc43)CC2)c(OC)c1OC. The molecule has 0 unspecified atom stereocenters. The van der Waals surface area contributed by atoms with Gasteiger partial charge in [0, 0.05) is 70.3 Å². The molecular formula is C25H35N5O5. The van der Waals surface area contributed by atoms with Gasteiger partial charge in [0.2, 0.25) is 17.6 Å². The summed E-state index contributed by atoms with van der Waals surface area (Å²) < 4.78 is 18.3. The molecule has 2 aliphatic heterocycles. The first kappa shape index (κ1) is 24.8. The fraction of sp³-hybridized carbons (Fsp3) is 0.560. The van der Waals surface area contributed by atoms with Gasteiger partial charge in [0.1, 0.15) is 5.82 Å². The maximum atomic E-state index is 12.8. The van der Waals surface area contributed by atoms with Gasteiger partial charge in [-0.1, -0.05) is 6.07 Å². The quantitative estimate of drug-likeness (QED) is 0.566. The van der Waals surface area contributed by atoms with Crippen molar-refractivity contribution >= 4 is 17.6 Å². The lowest BCUT2D eigenvalue weighted by atomic mass is 10.1. The lowest BCUT2D eigenvalue weighted by molar-refractivity contribution is -0.134. The predicted molar refractivity (Wildman–Crippen MR) is 131 cm³/mol. The van der Waals surface area contributed by atoms with Crippen molar-refractivity contribution in [3.05, 3.63) is 29.5 Å². The van der Waals surface area contributed by atoms with E-state index in [4.69, 9.17) is 14.2 Å². The smallest absolute Gasteiger partial charge is 0.228 e. The van der Waals surface area contributed by atoms with E-state index in [-0.39, 0.29) is 24.7 Å². The number of piperazine rings is 1. The van der Waals surface area contributed by atoms with Gasteiger partial charge in [-0.25, -0.2) is 4.68 Å². The van der Waals surface area contributed by atoms with Crippen LogP contribution in [0.3, 0.4) is 0 Å². The number of methoxy groups -OCH3 is 3. The monoisotopic (exact) mass is 485 g/mol. The van der Waals surface area contributed by atoms with E-state index < -0.39 is 0 Å². The Kier molecular flexibility index (Phi) is 7.80. The van der Waals surface area contributed by atoms with Gasteiger partial charge in [-0.05, 0) is 19.4 Å². The summed E-state index contributed by atoms with van der Waals surface area (Å²) in [5, 5.41) is 4.44. The number of hydrogen-bond donors (Lipinski definition) is 0. The summed E-state index contributed by atoms with van der Waals surface area (Å²) in [5.41, 5.74) is 1.91. The minimum atomic E-state index is -0.0154. The summed E-state index contributed by atoms with van der Waals surface area (Å²) in [4.78, 5) is 31.6. The molecule has 2 aliphatic rings. The Bertz CT molecular complexity index is 1060. The van der Waals surface area contributed by atoms with Gasteiger partial charge >= 0.3 is 0 Å². The number of amides is 2. The minimum Gasteiger partial charge on any atom is -0.493 e. The molecule has 10 heteroatoms. The van der Waals surface area contributed by atoms with Gasteiger partial charge in [-0.3, -0.25) is 19.4 Å². The molecule has 0 atom stereocenters. The molecule has 10 nitrogen and oxygen atoms in total. The number of ether oxygens (including phenoxy) is 3. The van der Waals surface area contributed by atoms with Crippen molar-refractivity contribution in [2.45, 2.75) is 39.3 Å². The predicted octanol–water partition coefficient (Wildman–Crippen LogP) is 2.08. The van der Waals surface area contributed by atoms with Crippen LogP contribution in [0.2, 0.25) is 0 Å². The van der Waals surface area contributed by atoms with Crippen molar-refractivity contribution in [2.75, 3.05) is 59.0 Å². The van der Waals surface area contributed by atoms with Crippen molar-refractivity contribution in [3.63, 3.8) is 0 Å². The Morgan fingerprint density at radius 2 is 1.60 bits per heavy atom. The van der Waals surface area contributed by atoms with Crippen LogP contribution in [0.15, 0.2) is 18.2 Å². The van der Waals surface area contributed by atoms with Gasteiger partial charge in [0.15, 0.2) is 11.5 Å². The van der Waals surface area contributed by atoms with Crippen LogP contribution in [-0.2, 0) is 22.7 Å². The van der Waals surface area contributed by atoms with Crippen molar-refractivity contribution in [1.29, 1.82) is 0 Å². The number of aromatic nitrogens is 2. The molecule has 0 radical (unpaired) electrons. The second kappa shape index (κ2) is 11.0. The van der Waals surface area contributed by atoms with E-state index in [9.17, 15) is 9.59 Å². The molecule has 4 rings (SSSR count). The molecule has 0 N–H and O–H groups in total. The lowest BCUT2D eigenvalue weighted by Crippen LogP contribution is -2.48. The summed E-state index contributed by atoms with van der Waals surface area (Å²) in [5.74, 6) is 2.73. The summed E-state index contributed by atoms with van der Waals surface area (Å²) in [6.07, 6.45) is 1.32. The number of nitrogens with zero attached hydrogens (tertiary/aromatic N) is 5. The van der Waals surface area contributed by atoms with Gasteiger partial charge < -0.3 is 19.1 Å². The zero-order valence-electron chi connectivity index (χ0n) is 21.1. The normalized spacial score (nSPS) is 16.1. The molecular weight excluding hydrogens is 450 g/mol. The van der Waals surface area contributed by atoms with Crippen LogP contribution in [0, 0.1) is 6.92 Å². The zero-order valence-corrected chi connectivity index (χ0v) is 21.1. The van der Waals surface area contributed by atoms with Crippen molar-refractivity contribution in [1.82, 2.24) is 19.6 Å². The number of anilines is 1. The first-order valence-electron chi connectivity index (χ1n) is 12.1. The van der Waals surface area contributed by atoms with Gasteiger partial charge in [-0.15, -0.1) is 0 Å². The average molecular weight is 486 g/mol. The first-order valence-corrected chi connectivity index (χ1v) is 12.1. The topological polar surface area (TPSA) is 89.4 Å². The maximum Gasteiger partial charge on any atom is 0.228 e.